The average Bonchev–Trinajstić information content (AvgIpc) is 3.00. The van der Waals surface area contributed by atoms with Crippen molar-refractivity contribution in [3.8, 4) is 22.6 Å². The Bertz CT molecular complexity index is 961. The molecule has 3 aromatic rings. The van der Waals surface area contributed by atoms with Gasteiger partial charge in [-0.3, -0.25) is 0 Å². The van der Waals surface area contributed by atoms with Crippen molar-refractivity contribution in [1.82, 2.24) is 9.97 Å². The van der Waals surface area contributed by atoms with Crippen molar-refractivity contribution < 1.29 is 14.6 Å². The Morgan fingerprint density at radius 1 is 1.19 bits per heavy atom. The molecule has 0 radical (unpaired) electrons. The number of fused-ring (bicyclic) bond motifs is 1. The standard InChI is InChI=1S/C19H22ClN3O3S/c1-5-23(8-9-24)17-16-15(11(2)27-18(16)22-19(20)21-17)12-6-7-13(25-3)14(10-12)26-4/h6-7,10,24H,5,8-9H2,1-4H3. The Morgan fingerprint density at radius 3 is 2.56 bits per heavy atom. The molecule has 0 amide bonds. The first kappa shape index (κ1) is 19.7. The molecule has 27 heavy (non-hydrogen) atoms. The van der Waals surface area contributed by atoms with Crippen molar-refractivity contribution in [2.45, 2.75) is 13.8 Å². The van der Waals surface area contributed by atoms with Gasteiger partial charge in [0.05, 0.1) is 26.2 Å². The van der Waals surface area contributed by atoms with Crippen LogP contribution in [0.1, 0.15) is 11.8 Å². The van der Waals surface area contributed by atoms with E-state index in [9.17, 15) is 5.11 Å². The van der Waals surface area contributed by atoms with E-state index in [2.05, 4.69) is 16.9 Å². The highest BCUT2D eigenvalue weighted by molar-refractivity contribution is 7.19. The smallest absolute Gasteiger partial charge is 0.225 e. The van der Waals surface area contributed by atoms with Gasteiger partial charge in [-0.2, -0.15) is 4.98 Å². The normalized spacial score (nSPS) is 11.0. The van der Waals surface area contributed by atoms with E-state index in [4.69, 9.17) is 21.1 Å². The van der Waals surface area contributed by atoms with Crippen LogP contribution in [-0.2, 0) is 0 Å². The lowest BCUT2D eigenvalue weighted by atomic mass is 10.0. The van der Waals surface area contributed by atoms with Gasteiger partial charge in [0.1, 0.15) is 10.6 Å². The second-order valence-corrected chi connectivity index (χ2v) is 7.44. The number of methoxy groups -OCH3 is 2. The summed E-state index contributed by atoms with van der Waals surface area (Å²) in [5, 5.41) is 10.6. The first-order valence-corrected chi connectivity index (χ1v) is 9.78. The molecule has 144 valence electrons. The summed E-state index contributed by atoms with van der Waals surface area (Å²) >= 11 is 7.75. The lowest BCUT2D eigenvalue weighted by molar-refractivity contribution is 0.302. The highest BCUT2D eigenvalue weighted by atomic mass is 35.5. The molecule has 0 aliphatic carbocycles. The molecule has 2 aromatic heterocycles. The summed E-state index contributed by atoms with van der Waals surface area (Å²) < 4.78 is 10.8. The molecule has 0 aliphatic rings. The molecule has 0 bridgehead atoms. The molecule has 3 rings (SSSR count). The summed E-state index contributed by atoms with van der Waals surface area (Å²) in [6, 6.07) is 5.84. The van der Waals surface area contributed by atoms with Crippen molar-refractivity contribution >= 4 is 39.0 Å². The zero-order valence-electron chi connectivity index (χ0n) is 15.7. The number of thiophene rings is 1. The topological polar surface area (TPSA) is 67.7 Å². The van der Waals surface area contributed by atoms with E-state index in [-0.39, 0.29) is 11.9 Å². The summed E-state index contributed by atoms with van der Waals surface area (Å²) in [5.41, 5.74) is 2.03. The quantitative estimate of drug-likeness (QED) is 0.593. The number of aryl methyl sites for hydroxylation is 1. The third kappa shape index (κ3) is 3.67. The molecule has 0 unspecified atom stereocenters. The van der Waals surface area contributed by atoms with Gasteiger partial charge >= 0.3 is 0 Å². The number of nitrogens with zero attached hydrogens (tertiary/aromatic N) is 3. The van der Waals surface area contributed by atoms with Gasteiger partial charge in [-0.25, -0.2) is 4.98 Å². The molecule has 8 heteroatoms. The molecule has 0 saturated carbocycles. The Balaban J connectivity index is 2.29. The van der Waals surface area contributed by atoms with Gasteiger partial charge < -0.3 is 19.5 Å². The minimum absolute atomic E-state index is 0.0335. The largest absolute Gasteiger partial charge is 0.493 e. The lowest BCUT2D eigenvalue weighted by Crippen LogP contribution is -2.27. The average molecular weight is 408 g/mol. The van der Waals surface area contributed by atoms with E-state index in [0.29, 0.717) is 24.6 Å². The molecule has 6 nitrogen and oxygen atoms in total. The number of likely N-dealkylation sites (N-methyl/N-ethyl adjacent to an activating group) is 1. The van der Waals surface area contributed by atoms with Crippen molar-refractivity contribution in [3.05, 3.63) is 28.4 Å². The monoisotopic (exact) mass is 407 g/mol. The maximum absolute atomic E-state index is 9.44. The number of aliphatic hydroxyl groups excluding tert-OH is 1. The predicted octanol–water partition coefficient (Wildman–Crippen LogP) is 4.16. The number of ether oxygens (including phenoxy) is 2. The van der Waals surface area contributed by atoms with Crippen molar-refractivity contribution in [1.29, 1.82) is 0 Å². The molecule has 2 heterocycles. The first-order valence-electron chi connectivity index (χ1n) is 8.58. The van der Waals surface area contributed by atoms with E-state index in [0.717, 1.165) is 32.0 Å². The van der Waals surface area contributed by atoms with Gasteiger partial charge in [-0.05, 0) is 43.1 Å². The third-order valence-corrected chi connectivity index (χ3v) is 5.57. The van der Waals surface area contributed by atoms with Crippen LogP contribution in [0.15, 0.2) is 18.2 Å². The summed E-state index contributed by atoms with van der Waals surface area (Å²) in [6.07, 6.45) is 0. The number of hydrogen-bond acceptors (Lipinski definition) is 7. The van der Waals surface area contributed by atoms with E-state index in [1.807, 2.05) is 30.0 Å². The van der Waals surface area contributed by atoms with Gasteiger partial charge in [0.2, 0.25) is 5.28 Å². The molecular weight excluding hydrogens is 386 g/mol. The number of aromatic nitrogens is 2. The van der Waals surface area contributed by atoms with E-state index in [1.54, 1.807) is 25.6 Å². The number of rotatable bonds is 7. The van der Waals surface area contributed by atoms with Crippen LogP contribution >= 0.6 is 22.9 Å². The third-order valence-electron chi connectivity index (χ3n) is 4.40. The van der Waals surface area contributed by atoms with Crippen LogP contribution in [0.25, 0.3) is 21.3 Å². The maximum atomic E-state index is 9.44. The van der Waals surface area contributed by atoms with E-state index < -0.39 is 0 Å². The minimum atomic E-state index is 0.0335. The second-order valence-electron chi connectivity index (χ2n) is 5.90. The number of halogens is 1. The van der Waals surface area contributed by atoms with Gasteiger partial charge in [-0.15, -0.1) is 11.3 Å². The summed E-state index contributed by atoms with van der Waals surface area (Å²) in [4.78, 5) is 12.8. The fraction of sp³-hybridized carbons (Fsp3) is 0.368. The maximum Gasteiger partial charge on any atom is 0.225 e. The summed E-state index contributed by atoms with van der Waals surface area (Å²) in [5.74, 6) is 2.07. The Hall–Kier alpha value is -2.09. The number of anilines is 1. The van der Waals surface area contributed by atoms with Gasteiger partial charge in [0.25, 0.3) is 0 Å². The zero-order chi connectivity index (χ0) is 19.6. The Morgan fingerprint density at radius 2 is 1.93 bits per heavy atom. The molecule has 1 aromatic carbocycles. The van der Waals surface area contributed by atoms with Crippen LogP contribution in [0.2, 0.25) is 5.28 Å². The molecule has 0 spiro atoms. The highest BCUT2D eigenvalue weighted by Crippen LogP contribution is 2.44. The van der Waals surface area contributed by atoms with Crippen molar-refractivity contribution in [3.63, 3.8) is 0 Å². The number of aliphatic hydroxyl groups is 1. The Kier molecular flexibility index (Phi) is 6.04. The van der Waals surface area contributed by atoms with Gasteiger partial charge in [0, 0.05) is 23.5 Å². The molecule has 0 fully saturated rings. The number of benzene rings is 1. The molecular formula is C19H22ClN3O3S. The molecule has 0 aliphatic heterocycles. The van der Waals surface area contributed by atoms with Crippen molar-refractivity contribution in [2.75, 3.05) is 38.8 Å². The lowest BCUT2D eigenvalue weighted by Gasteiger charge is -2.22. The molecule has 0 saturated heterocycles. The van der Waals surface area contributed by atoms with E-state index >= 15 is 0 Å². The first-order chi connectivity index (χ1) is 13.0. The van der Waals surface area contributed by atoms with Crippen molar-refractivity contribution in [2.24, 2.45) is 0 Å². The molecule has 1 N–H and O–H groups in total. The molecule has 0 atom stereocenters. The van der Waals surface area contributed by atoms with Crippen LogP contribution in [0.5, 0.6) is 11.5 Å². The van der Waals surface area contributed by atoms with Crippen LogP contribution in [0.3, 0.4) is 0 Å². The van der Waals surface area contributed by atoms with Gasteiger partial charge in [0.15, 0.2) is 11.5 Å². The van der Waals surface area contributed by atoms with Gasteiger partial charge in [-0.1, -0.05) is 6.07 Å². The fourth-order valence-corrected chi connectivity index (χ4v) is 4.43. The minimum Gasteiger partial charge on any atom is -0.493 e. The van der Waals surface area contributed by atoms with Crippen LogP contribution in [-0.4, -0.2) is 49.0 Å². The van der Waals surface area contributed by atoms with Crippen LogP contribution in [0, 0.1) is 6.92 Å². The summed E-state index contributed by atoms with van der Waals surface area (Å²) in [6.45, 7) is 5.28. The summed E-state index contributed by atoms with van der Waals surface area (Å²) in [7, 11) is 3.24. The fourth-order valence-electron chi connectivity index (χ4n) is 3.17. The SMILES string of the molecule is CCN(CCO)c1nc(Cl)nc2sc(C)c(-c3ccc(OC)c(OC)c3)c12. The van der Waals surface area contributed by atoms with Crippen LogP contribution in [0.4, 0.5) is 5.82 Å². The predicted molar refractivity (Wildman–Crippen MR) is 111 cm³/mol. The Labute approximate surface area is 167 Å². The number of hydrogen-bond donors (Lipinski definition) is 1. The van der Waals surface area contributed by atoms with Crippen LogP contribution < -0.4 is 14.4 Å². The zero-order valence-corrected chi connectivity index (χ0v) is 17.3. The van der Waals surface area contributed by atoms with E-state index in [1.165, 1.54) is 0 Å². The highest BCUT2D eigenvalue weighted by Gasteiger charge is 2.22. The second kappa shape index (κ2) is 8.29.